The minimum Gasteiger partial charge on any atom is -0.444 e. The molecule has 0 aromatic rings. The molecule has 5 heteroatoms. The lowest BCUT2D eigenvalue weighted by molar-refractivity contribution is -0.00457. The normalized spacial score (nSPS) is 32.4. The van der Waals surface area contributed by atoms with Crippen LogP contribution in [-0.2, 0) is 9.47 Å². The summed E-state index contributed by atoms with van der Waals surface area (Å²) in [6.45, 7) is 7.42. The molecule has 0 saturated carbocycles. The third kappa shape index (κ3) is 3.83. The number of β-amino-alcohol motifs (C(OH)–C–C–N with tert-alkyl or cyclic N) is 1. The lowest BCUT2D eigenvalue weighted by atomic mass is 9.92. The van der Waals surface area contributed by atoms with E-state index in [2.05, 4.69) is 0 Å². The Kier molecular flexibility index (Phi) is 4.36. The van der Waals surface area contributed by atoms with E-state index in [9.17, 15) is 9.90 Å². The molecule has 19 heavy (non-hydrogen) atoms. The summed E-state index contributed by atoms with van der Waals surface area (Å²) in [5, 5.41) is 9.86. The first kappa shape index (κ1) is 14.6. The van der Waals surface area contributed by atoms with Gasteiger partial charge in [-0.3, -0.25) is 0 Å². The molecule has 5 nitrogen and oxygen atoms in total. The second-order valence-electron chi connectivity index (χ2n) is 6.57. The van der Waals surface area contributed by atoms with Crippen LogP contribution in [0.1, 0.15) is 40.0 Å². The van der Waals surface area contributed by atoms with Crippen molar-refractivity contribution in [3.05, 3.63) is 0 Å². The van der Waals surface area contributed by atoms with Crippen molar-refractivity contribution >= 4 is 6.09 Å². The number of carbonyl (C=O) groups is 1. The lowest BCUT2D eigenvalue weighted by Gasteiger charge is -2.34. The summed E-state index contributed by atoms with van der Waals surface area (Å²) < 4.78 is 10.9. The number of ether oxygens (including phenoxy) is 2. The number of aliphatic hydroxyl groups excluding tert-OH is 1. The van der Waals surface area contributed by atoms with E-state index < -0.39 is 11.7 Å². The zero-order valence-electron chi connectivity index (χ0n) is 12.1. The molecule has 1 N–H and O–H groups in total. The second kappa shape index (κ2) is 5.67. The van der Waals surface area contributed by atoms with Crippen molar-refractivity contribution in [2.45, 2.75) is 57.8 Å². The molecule has 3 atom stereocenters. The van der Waals surface area contributed by atoms with E-state index in [-0.39, 0.29) is 12.1 Å². The van der Waals surface area contributed by atoms with Gasteiger partial charge in [0.2, 0.25) is 0 Å². The van der Waals surface area contributed by atoms with Gasteiger partial charge in [-0.1, -0.05) is 0 Å². The zero-order chi connectivity index (χ0) is 14.0. The highest BCUT2D eigenvalue weighted by molar-refractivity contribution is 5.69. The standard InChI is InChI=1S/C14H25NO4/c1-14(2,3)19-13(17)15-8-11(16)7-12(15)10-5-4-6-18-9-10/h10-12,16H,4-9H2,1-3H3. The molecule has 0 aromatic carbocycles. The Labute approximate surface area is 114 Å². The van der Waals surface area contributed by atoms with Crippen molar-refractivity contribution in [1.29, 1.82) is 0 Å². The van der Waals surface area contributed by atoms with E-state index in [1.165, 1.54) is 0 Å². The van der Waals surface area contributed by atoms with E-state index in [4.69, 9.17) is 9.47 Å². The third-order valence-corrected chi connectivity index (χ3v) is 3.69. The molecule has 0 radical (unpaired) electrons. The summed E-state index contributed by atoms with van der Waals surface area (Å²) in [6.07, 6.45) is 1.95. The zero-order valence-corrected chi connectivity index (χ0v) is 12.1. The molecule has 2 aliphatic heterocycles. The van der Waals surface area contributed by atoms with Crippen LogP contribution in [0.3, 0.4) is 0 Å². The number of nitrogens with zero attached hydrogens (tertiary/aromatic N) is 1. The largest absolute Gasteiger partial charge is 0.444 e. The first-order valence-electron chi connectivity index (χ1n) is 7.12. The van der Waals surface area contributed by atoms with Gasteiger partial charge in [0, 0.05) is 18.6 Å². The molecule has 0 aliphatic carbocycles. The second-order valence-corrected chi connectivity index (χ2v) is 6.57. The molecule has 2 aliphatic rings. The molecular weight excluding hydrogens is 246 g/mol. The Morgan fingerprint density at radius 2 is 2.16 bits per heavy atom. The number of aliphatic hydroxyl groups is 1. The fraction of sp³-hybridized carbons (Fsp3) is 0.929. The van der Waals surface area contributed by atoms with Crippen molar-refractivity contribution in [2.24, 2.45) is 5.92 Å². The Balaban J connectivity index is 2.02. The maximum absolute atomic E-state index is 12.2. The third-order valence-electron chi connectivity index (χ3n) is 3.69. The highest BCUT2D eigenvalue weighted by atomic mass is 16.6. The quantitative estimate of drug-likeness (QED) is 0.790. The number of hydrogen-bond donors (Lipinski definition) is 1. The van der Waals surface area contributed by atoms with Crippen LogP contribution in [0.5, 0.6) is 0 Å². The van der Waals surface area contributed by atoms with Gasteiger partial charge in [-0.25, -0.2) is 4.79 Å². The summed E-state index contributed by atoms with van der Waals surface area (Å²) in [7, 11) is 0. The van der Waals surface area contributed by atoms with Crippen LogP contribution in [0.15, 0.2) is 0 Å². The first-order valence-corrected chi connectivity index (χ1v) is 7.12. The summed E-state index contributed by atoms with van der Waals surface area (Å²) in [5.74, 6) is 0.318. The van der Waals surface area contributed by atoms with Crippen LogP contribution >= 0.6 is 0 Å². The summed E-state index contributed by atoms with van der Waals surface area (Å²) in [4.78, 5) is 13.9. The molecule has 110 valence electrons. The number of carbonyl (C=O) groups excluding carboxylic acids is 1. The minimum absolute atomic E-state index is 0.0464. The van der Waals surface area contributed by atoms with Crippen molar-refractivity contribution in [1.82, 2.24) is 4.90 Å². The summed E-state index contributed by atoms with van der Waals surface area (Å²) in [6, 6.07) is 0.0464. The Hall–Kier alpha value is -0.810. The van der Waals surface area contributed by atoms with Gasteiger partial charge in [0.1, 0.15) is 5.60 Å². The summed E-state index contributed by atoms with van der Waals surface area (Å²) in [5.41, 5.74) is -0.502. The monoisotopic (exact) mass is 271 g/mol. The van der Waals surface area contributed by atoms with Gasteiger partial charge in [-0.2, -0.15) is 0 Å². The van der Waals surface area contributed by atoms with Gasteiger partial charge in [-0.15, -0.1) is 0 Å². The van der Waals surface area contributed by atoms with Crippen LogP contribution < -0.4 is 0 Å². The van der Waals surface area contributed by atoms with Crippen molar-refractivity contribution in [2.75, 3.05) is 19.8 Å². The first-order chi connectivity index (χ1) is 8.87. The highest BCUT2D eigenvalue weighted by Crippen LogP contribution is 2.30. The highest BCUT2D eigenvalue weighted by Gasteiger charge is 2.41. The molecule has 2 heterocycles. The molecule has 3 unspecified atom stereocenters. The Morgan fingerprint density at radius 3 is 2.74 bits per heavy atom. The van der Waals surface area contributed by atoms with Crippen molar-refractivity contribution < 1.29 is 19.4 Å². The average molecular weight is 271 g/mol. The van der Waals surface area contributed by atoms with E-state index in [0.717, 1.165) is 19.4 Å². The van der Waals surface area contributed by atoms with Gasteiger partial charge in [-0.05, 0) is 40.0 Å². The lowest BCUT2D eigenvalue weighted by Crippen LogP contribution is -2.45. The van der Waals surface area contributed by atoms with Crippen LogP contribution in [0.4, 0.5) is 4.79 Å². The number of likely N-dealkylation sites (tertiary alicyclic amines) is 1. The topological polar surface area (TPSA) is 59.0 Å². The molecule has 1 amide bonds. The van der Waals surface area contributed by atoms with E-state index in [0.29, 0.717) is 25.5 Å². The van der Waals surface area contributed by atoms with Crippen LogP contribution in [0.2, 0.25) is 0 Å². The molecule has 0 bridgehead atoms. The SMILES string of the molecule is CC(C)(C)OC(=O)N1CC(O)CC1C1CCCOC1. The molecule has 2 fully saturated rings. The predicted octanol–water partition coefficient (Wildman–Crippen LogP) is 1.78. The summed E-state index contributed by atoms with van der Waals surface area (Å²) >= 11 is 0. The molecular formula is C14H25NO4. The van der Waals surface area contributed by atoms with Crippen molar-refractivity contribution in [3.63, 3.8) is 0 Å². The predicted molar refractivity (Wildman–Crippen MR) is 70.9 cm³/mol. The fourth-order valence-corrected chi connectivity index (χ4v) is 2.89. The van der Waals surface area contributed by atoms with E-state index in [1.54, 1.807) is 4.90 Å². The molecule has 2 rings (SSSR count). The van der Waals surface area contributed by atoms with Gasteiger partial charge in [0.25, 0.3) is 0 Å². The smallest absolute Gasteiger partial charge is 0.410 e. The van der Waals surface area contributed by atoms with Crippen LogP contribution in [0, 0.1) is 5.92 Å². The van der Waals surface area contributed by atoms with Crippen LogP contribution in [0.25, 0.3) is 0 Å². The molecule has 0 spiro atoms. The van der Waals surface area contributed by atoms with Gasteiger partial charge in [0.05, 0.1) is 19.3 Å². The molecule has 0 aromatic heterocycles. The number of amides is 1. The van der Waals surface area contributed by atoms with E-state index in [1.807, 2.05) is 20.8 Å². The maximum Gasteiger partial charge on any atom is 0.410 e. The minimum atomic E-state index is -0.502. The van der Waals surface area contributed by atoms with Gasteiger partial charge < -0.3 is 19.5 Å². The number of hydrogen-bond acceptors (Lipinski definition) is 4. The fourth-order valence-electron chi connectivity index (χ4n) is 2.89. The van der Waals surface area contributed by atoms with Crippen molar-refractivity contribution in [3.8, 4) is 0 Å². The van der Waals surface area contributed by atoms with Crippen LogP contribution in [-0.4, -0.2) is 53.6 Å². The van der Waals surface area contributed by atoms with E-state index >= 15 is 0 Å². The van der Waals surface area contributed by atoms with Gasteiger partial charge >= 0.3 is 6.09 Å². The Bertz CT molecular complexity index is 320. The molecule has 2 saturated heterocycles. The average Bonchev–Trinajstić information content (AvgIpc) is 2.70. The maximum atomic E-state index is 12.2. The Morgan fingerprint density at radius 1 is 1.42 bits per heavy atom. The number of rotatable bonds is 1. The van der Waals surface area contributed by atoms with Gasteiger partial charge in [0.15, 0.2) is 0 Å².